The largest absolute Gasteiger partial charge is 0.463 e. The number of rotatable bonds is 17. The van der Waals surface area contributed by atoms with Crippen molar-refractivity contribution in [3.63, 3.8) is 0 Å². The number of aryl methyl sites for hydroxylation is 1. The van der Waals surface area contributed by atoms with E-state index in [-0.39, 0.29) is 5.25 Å². The number of unbranched alkanes of at least 4 members (excludes halogenated alkanes) is 4. The summed E-state index contributed by atoms with van der Waals surface area (Å²) in [4.78, 5) is 0.499. The van der Waals surface area contributed by atoms with Gasteiger partial charge in [0, 0.05) is 39.2 Å². The minimum absolute atomic E-state index is 0.204. The smallest absolute Gasteiger partial charge is 0.205 e. The first-order chi connectivity index (χ1) is 20.2. The molecule has 1 fully saturated rings. The third kappa shape index (κ3) is 10.1. The molecule has 2 aliphatic rings. The second-order valence-electron chi connectivity index (χ2n) is 12.3. The third-order valence-electron chi connectivity index (χ3n) is 8.35. The van der Waals surface area contributed by atoms with Gasteiger partial charge in [-0.1, -0.05) is 50.3 Å². The monoisotopic (exact) mass is 601 g/mol. The van der Waals surface area contributed by atoms with E-state index in [4.69, 9.17) is 14.2 Å². The molecule has 234 valence electrons. The highest BCUT2D eigenvalue weighted by atomic mass is 32.2. The molecule has 0 aromatic heterocycles. The quantitative estimate of drug-likeness (QED) is 0.196. The van der Waals surface area contributed by atoms with Gasteiger partial charge in [-0.05, 0) is 86.9 Å². The fraction of sp³-hybridized carbons (Fsp3) is 0.647. The highest BCUT2D eigenvalue weighted by Gasteiger charge is 2.29. The van der Waals surface area contributed by atoms with Gasteiger partial charge in [-0.15, -0.1) is 0 Å². The zero-order chi connectivity index (χ0) is 29.8. The topological polar surface area (TPSA) is 94.1 Å². The van der Waals surface area contributed by atoms with Crippen molar-refractivity contribution in [2.75, 3.05) is 26.3 Å². The molecule has 1 aliphatic carbocycles. The fourth-order valence-corrected chi connectivity index (χ4v) is 7.73. The van der Waals surface area contributed by atoms with Crippen molar-refractivity contribution < 1.29 is 27.7 Å². The van der Waals surface area contributed by atoms with E-state index in [1.165, 1.54) is 0 Å². The van der Waals surface area contributed by atoms with Gasteiger partial charge >= 0.3 is 0 Å². The molecule has 1 heterocycles. The Bertz CT molecular complexity index is 1210. The molecular weight excluding hydrogens is 550 g/mol. The van der Waals surface area contributed by atoms with Crippen molar-refractivity contribution in [2.45, 2.75) is 120 Å². The lowest BCUT2D eigenvalue weighted by molar-refractivity contribution is -0.180. The Balaban J connectivity index is 0.991. The van der Waals surface area contributed by atoms with Crippen LogP contribution in [0.1, 0.15) is 107 Å². The summed E-state index contributed by atoms with van der Waals surface area (Å²) in [6.45, 7) is 7.22. The molecule has 42 heavy (non-hydrogen) atoms. The minimum atomic E-state index is -3.21. The predicted octanol–water partition coefficient (Wildman–Crippen LogP) is 6.66. The molecular formula is C34H51NO6S. The average Bonchev–Trinajstić information content (AvgIpc) is 2.99. The number of sulfone groups is 1. The Morgan fingerprint density at radius 3 is 2.55 bits per heavy atom. The number of benzene rings is 2. The lowest BCUT2D eigenvalue weighted by Gasteiger charge is -2.33. The molecule has 2 N–H and O–H groups in total. The van der Waals surface area contributed by atoms with Crippen molar-refractivity contribution in [2.24, 2.45) is 0 Å². The first-order valence-corrected chi connectivity index (χ1v) is 17.5. The molecule has 0 bridgehead atoms. The average molecular weight is 602 g/mol. The van der Waals surface area contributed by atoms with E-state index < -0.39 is 21.7 Å². The van der Waals surface area contributed by atoms with Gasteiger partial charge in [0.2, 0.25) is 5.79 Å². The standard InChI is InChI=1S/C34H51NO6S/c1-34(2)40-26-29-24-28(18-19-33(29)41-34)32(36)25-35-20-9-3-4-10-21-39-22-11-8-13-27-14-12-17-31(23-27)42(37,38)30-15-6-5-7-16-30/h12,14,17-19,23-24,30,32,35-36H,3-11,13,15-16,20-22,25-26H2,1-2H3/t32-/m0/s1. The van der Waals surface area contributed by atoms with Crippen molar-refractivity contribution in [3.8, 4) is 5.75 Å². The van der Waals surface area contributed by atoms with Crippen LogP contribution in [-0.2, 0) is 32.3 Å². The molecule has 8 heteroatoms. The number of hydrogen-bond donors (Lipinski definition) is 2. The summed E-state index contributed by atoms with van der Waals surface area (Å²) >= 11 is 0. The van der Waals surface area contributed by atoms with Gasteiger partial charge in [-0.2, -0.15) is 0 Å². The SMILES string of the molecule is CC1(C)OCc2cc([C@@H](O)CNCCCCCCOCCCCc3cccc(S(=O)(=O)C4CCCCC4)c3)ccc2O1. The fourth-order valence-electron chi connectivity index (χ4n) is 5.81. The summed E-state index contributed by atoms with van der Waals surface area (Å²) in [6.07, 6.45) is 11.5. The van der Waals surface area contributed by atoms with Crippen LogP contribution < -0.4 is 10.1 Å². The zero-order valence-corrected chi connectivity index (χ0v) is 26.4. The summed E-state index contributed by atoms with van der Waals surface area (Å²) < 4.78 is 43.4. The summed E-state index contributed by atoms with van der Waals surface area (Å²) in [5.74, 6) is 0.210. The molecule has 7 nitrogen and oxygen atoms in total. The maximum Gasteiger partial charge on any atom is 0.205 e. The maximum atomic E-state index is 13.0. The molecule has 2 aromatic rings. The van der Waals surface area contributed by atoms with Gasteiger partial charge in [0.25, 0.3) is 0 Å². The second-order valence-corrected chi connectivity index (χ2v) is 14.5. The Kier molecular flexibility index (Phi) is 12.7. The van der Waals surface area contributed by atoms with E-state index in [2.05, 4.69) is 5.32 Å². The van der Waals surface area contributed by atoms with Gasteiger partial charge in [-0.25, -0.2) is 8.42 Å². The predicted molar refractivity (Wildman–Crippen MR) is 166 cm³/mol. The highest BCUT2D eigenvalue weighted by Crippen LogP contribution is 2.33. The van der Waals surface area contributed by atoms with Crippen LogP contribution in [0.2, 0.25) is 0 Å². The summed E-state index contributed by atoms with van der Waals surface area (Å²) in [7, 11) is -3.21. The van der Waals surface area contributed by atoms with E-state index in [0.29, 0.717) is 18.0 Å². The molecule has 2 aromatic carbocycles. The first kappa shape index (κ1) is 32.9. The number of ether oxygens (including phenoxy) is 3. The van der Waals surface area contributed by atoms with Crippen LogP contribution in [0.25, 0.3) is 0 Å². The Labute approximate surface area is 253 Å². The summed E-state index contributed by atoms with van der Waals surface area (Å²) in [5.41, 5.74) is 2.95. The lowest BCUT2D eigenvalue weighted by Crippen LogP contribution is -2.35. The third-order valence-corrected chi connectivity index (χ3v) is 10.6. The Morgan fingerprint density at radius 1 is 0.976 bits per heavy atom. The van der Waals surface area contributed by atoms with Crippen LogP contribution in [-0.4, -0.2) is 50.9 Å². The van der Waals surface area contributed by atoms with E-state index in [0.717, 1.165) is 119 Å². The molecule has 1 atom stereocenters. The molecule has 0 radical (unpaired) electrons. The maximum absolute atomic E-state index is 13.0. The molecule has 0 amide bonds. The van der Waals surface area contributed by atoms with Crippen LogP contribution in [0.5, 0.6) is 5.75 Å². The number of aliphatic hydroxyl groups is 1. The van der Waals surface area contributed by atoms with E-state index in [1.54, 1.807) is 6.07 Å². The van der Waals surface area contributed by atoms with Crippen LogP contribution in [0.3, 0.4) is 0 Å². The number of hydrogen-bond acceptors (Lipinski definition) is 7. The molecule has 0 spiro atoms. The molecule has 4 rings (SSSR count). The van der Waals surface area contributed by atoms with Crippen molar-refractivity contribution in [1.82, 2.24) is 5.32 Å². The van der Waals surface area contributed by atoms with Crippen molar-refractivity contribution >= 4 is 9.84 Å². The van der Waals surface area contributed by atoms with Gasteiger partial charge < -0.3 is 24.6 Å². The summed E-state index contributed by atoms with van der Waals surface area (Å²) in [5, 5.41) is 13.7. The van der Waals surface area contributed by atoms with Crippen LogP contribution >= 0.6 is 0 Å². The normalized spacial score (nSPS) is 17.9. The Morgan fingerprint density at radius 2 is 1.74 bits per heavy atom. The van der Waals surface area contributed by atoms with Crippen molar-refractivity contribution in [1.29, 1.82) is 0 Å². The highest BCUT2D eigenvalue weighted by molar-refractivity contribution is 7.92. The lowest BCUT2D eigenvalue weighted by atomic mass is 10.0. The molecule has 1 aliphatic heterocycles. The summed E-state index contributed by atoms with van der Waals surface area (Å²) in [6, 6.07) is 13.4. The Hall–Kier alpha value is -1.97. The van der Waals surface area contributed by atoms with Gasteiger partial charge in [0.1, 0.15) is 5.75 Å². The second kappa shape index (κ2) is 16.2. The number of nitrogens with one attached hydrogen (secondary N) is 1. The molecule has 0 unspecified atom stereocenters. The van der Waals surface area contributed by atoms with E-state index >= 15 is 0 Å². The minimum Gasteiger partial charge on any atom is -0.463 e. The molecule has 1 saturated carbocycles. The van der Waals surface area contributed by atoms with E-state index in [9.17, 15) is 13.5 Å². The van der Waals surface area contributed by atoms with Gasteiger partial charge in [0.15, 0.2) is 9.84 Å². The number of fused-ring (bicyclic) bond motifs is 1. The zero-order valence-electron chi connectivity index (χ0n) is 25.6. The van der Waals surface area contributed by atoms with Crippen LogP contribution in [0, 0.1) is 0 Å². The van der Waals surface area contributed by atoms with Crippen LogP contribution in [0.4, 0.5) is 0 Å². The van der Waals surface area contributed by atoms with Crippen LogP contribution in [0.15, 0.2) is 47.4 Å². The molecule has 0 saturated heterocycles. The van der Waals surface area contributed by atoms with Crippen molar-refractivity contribution in [3.05, 3.63) is 59.2 Å². The number of aliphatic hydroxyl groups excluding tert-OH is 1. The van der Waals surface area contributed by atoms with E-state index in [1.807, 2.05) is 50.2 Å². The van der Waals surface area contributed by atoms with Gasteiger partial charge in [0.05, 0.1) is 22.9 Å². The van der Waals surface area contributed by atoms with Gasteiger partial charge in [-0.3, -0.25) is 0 Å². The first-order valence-electron chi connectivity index (χ1n) is 16.0.